The molecule has 0 aliphatic rings. The molecule has 4 aromatic rings. The zero-order valence-corrected chi connectivity index (χ0v) is 16.1. The van der Waals surface area contributed by atoms with E-state index < -0.39 is 4.92 Å². The number of hydrogen-bond donors (Lipinski definition) is 1. The molecule has 7 nitrogen and oxygen atoms in total. The second-order valence-corrected chi connectivity index (χ2v) is 6.79. The molecule has 0 atom stereocenters. The van der Waals surface area contributed by atoms with Gasteiger partial charge < -0.3 is 5.32 Å². The maximum absolute atomic E-state index is 13.0. The summed E-state index contributed by atoms with van der Waals surface area (Å²) in [6, 6.07) is 24.6. The fraction of sp³-hybridized carbons (Fsp3) is 0.0435. The third-order valence-corrected chi connectivity index (χ3v) is 4.63. The van der Waals surface area contributed by atoms with Gasteiger partial charge in [-0.2, -0.15) is 5.10 Å². The number of nitrogens with zero attached hydrogens (tertiary/aromatic N) is 3. The third-order valence-electron chi connectivity index (χ3n) is 4.63. The molecule has 1 amide bonds. The van der Waals surface area contributed by atoms with Gasteiger partial charge in [0.1, 0.15) is 5.69 Å². The van der Waals surface area contributed by atoms with E-state index in [4.69, 9.17) is 0 Å². The van der Waals surface area contributed by atoms with E-state index >= 15 is 0 Å². The van der Waals surface area contributed by atoms with Gasteiger partial charge >= 0.3 is 0 Å². The Labute approximate surface area is 172 Å². The number of carbonyl (C=O) groups excluding carboxylic acids is 1. The number of anilines is 1. The second-order valence-electron chi connectivity index (χ2n) is 6.79. The third kappa shape index (κ3) is 3.95. The highest BCUT2D eigenvalue weighted by molar-refractivity contribution is 6.04. The van der Waals surface area contributed by atoms with Crippen LogP contribution in [0.2, 0.25) is 0 Å². The van der Waals surface area contributed by atoms with Gasteiger partial charge in [0.15, 0.2) is 0 Å². The van der Waals surface area contributed by atoms with Crippen molar-refractivity contribution in [1.82, 2.24) is 9.78 Å². The van der Waals surface area contributed by atoms with Crippen molar-refractivity contribution < 1.29 is 9.72 Å². The van der Waals surface area contributed by atoms with Crippen LogP contribution in [0.5, 0.6) is 0 Å². The molecule has 0 bridgehead atoms. The van der Waals surface area contributed by atoms with Gasteiger partial charge in [-0.05, 0) is 37.3 Å². The lowest BCUT2D eigenvalue weighted by Crippen LogP contribution is -2.17. The number of nitro benzene ring substituents is 1. The van der Waals surface area contributed by atoms with Gasteiger partial charge in [-0.1, -0.05) is 48.0 Å². The van der Waals surface area contributed by atoms with Crippen molar-refractivity contribution >= 4 is 17.3 Å². The Morgan fingerprint density at radius 3 is 2.27 bits per heavy atom. The second kappa shape index (κ2) is 8.00. The first-order valence-corrected chi connectivity index (χ1v) is 9.29. The van der Waals surface area contributed by atoms with Crippen molar-refractivity contribution in [2.75, 3.05) is 5.32 Å². The lowest BCUT2D eigenvalue weighted by atomic mass is 10.1. The van der Waals surface area contributed by atoms with Crippen LogP contribution in [0.4, 0.5) is 11.4 Å². The Morgan fingerprint density at radius 2 is 1.63 bits per heavy atom. The smallest absolute Gasteiger partial charge is 0.274 e. The molecule has 1 aromatic heterocycles. The Hall–Kier alpha value is -4.26. The van der Waals surface area contributed by atoms with Gasteiger partial charge in [-0.25, -0.2) is 4.68 Å². The Kier molecular flexibility index (Phi) is 5.09. The summed E-state index contributed by atoms with van der Waals surface area (Å²) in [5.41, 5.74) is 4.10. The minimum Gasteiger partial charge on any atom is -0.321 e. The van der Waals surface area contributed by atoms with Gasteiger partial charge in [0.2, 0.25) is 0 Å². The van der Waals surface area contributed by atoms with E-state index in [0.717, 1.165) is 11.1 Å². The van der Waals surface area contributed by atoms with E-state index in [1.54, 1.807) is 18.2 Å². The average molecular weight is 398 g/mol. The first-order chi connectivity index (χ1) is 14.5. The summed E-state index contributed by atoms with van der Waals surface area (Å²) < 4.78 is 1.50. The lowest BCUT2D eigenvalue weighted by molar-refractivity contribution is -0.384. The molecule has 4 rings (SSSR count). The minimum atomic E-state index is -0.465. The number of aromatic nitrogens is 2. The highest BCUT2D eigenvalue weighted by Gasteiger charge is 2.18. The summed E-state index contributed by atoms with van der Waals surface area (Å²) >= 11 is 0. The summed E-state index contributed by atoms with van der Waals surface area (Å²) in [6.07, 6.45) is 0. The average Bonchev–Trinajstić information content (AvgIpc) is 3.22. The summed E-state index contributed by atoms with van der Waals surface area (Å²) in [5.74, 6) is -0.327. The molecule has 0 radical (unpaired) electrons. The van der Waals surface area contributed by atoms with Crippen molar-refractivity contribution in [3.8, 4) is 16.9 Å². The standard InChI is InChI=1S/C23H18N4O3/c1-16-7-9-18(10-8-16)24-23(28)22-15-21(17-5-3-2-4-6-17)25-26(22)19-11-13-20(14-12-19)27(29)30/h2-15H,1H3,(H,24,28). The zero-order valence-electron chi connectivity index (χ0n) is 16.1. The number of amides is 1. The first kappa shape index (κ1) is 19.1. The summed E-state index contributed by atoms with van der Waals surface area (Å²) in [6.45, 7) is 1.97. The van der Waals surface area contributed by atoms with E-state index in [1.807, 2.05) is 61.5 Å². The monoisotopic (exact) mass is 398 g/mol. The van der Waals surface area contributed by atoms with E-state index in [1.165, 1.54) is 16.8 Å². The molecule has 0 unspecified atom stereocenters. The van der Waals surface area contributed by atoms with Crippen LogP contribution in [0.25, 0.3) is 16.9 Å². The lowest BCUT2D eigenvalue weighted by Gasteiger charge is -2.08. The van der Waals surface area contributed by atoms with Crippen LogP contribution in [-0.2, 0) is 0 Å². The normalized spacial score (nSPS) is 10.6. The van der Waals surface area contributed by atoms with Crippen LogP contribution in [-0.4, -0.2) is 20.6 Å². The number of nitrogens with one attached hydrogen (secondary N) is 1. The molecule has 3 aromatic carbocycles. The number of nitro groups is 1. The zero-order chi connectivity index (χ0) is 21.1. The molecule has 148 valence electrons. The largest absolute Gasteiger partial charge is 0.321 e. The number of benzene rings is 3. The summed E-state index contributed by atoms with van der Waals surface area (Å²) in [5, 5.41) is 18.4. The van der Waals surface area contributed by atoms with Crippen molar-refractivity contribution in [2.45, 2.75) is 6.92 Å². The molecule has 0 saturated heterocycles. The van der Waals surface area contributed by atoms with Crippen LogP contribution in [0.3, 0.4) is 0 Å². The minimum absolute atomic E-state index is 0.0279. The Morgan fingerprint density at radius 1 is 0.967 bits per heavy atom. The molecule has 0 fully saturated rings. The number of carbonyl (C=O) groups is 1. The molecule has 1 N–H and O–H groups in total. The van der Waals surface area contributed by atoms with E-state index in [2.05, 4.69) is 10.4 Å². The molecule has 0 saturated carbocycles. The van der Waals surface area contributed by atoms with Crippen LogP contribution >= 0.6 is 0 Å². The number of hydrogen-bond acceptors (Lipinski definition) is 4. The fourth-order valence-corrected chi connectivity index (χ4v) is 3.04. The molecular weight excluding hydrogens is 380 g/mol. The quantitative estimate of drug-likeness (QED) is 0.378. The van der Waals surface area contributed by atoms with E-state index in [-0.39, 0.29) is 11.6 Å². The molecule has 7 heteroatoms. The van der Waals surface area contributed by atoms with Crippen LogP contribution < -0.4 is 5.32 Å². The Bertz CT molecular complexity index is 1200. The molecule has 30 heavy (non-hydrogen) atoms. The Balaban J connectivity index is 1.75. The highest BCUT2D eigenvalue weighted by Crippen LogP contribution is 2.24. The molecule has 1 heterocycles. The van der Waals surface area contributed by atoms with Crippen LogP contribution in [0.15, 0.2) is 84.9 Å². The van der Waals surface area contributed by atoms with Gasteiger partial charge in [0.05, 0.1) is 16.3 Å². The highest BCUT2D eigenvalue weighted by atomic mass is 16.6. The SMILES string of the molecule is Cc1ccc(NC(=O)c2cc(-c3ccccc3)nn2-c2ccc([N+](=O)[O-])cc2)cc1. The predicted octanol–water partition coefficient (Wildman–Crippen LogP) is 5.01. The van der Waals surface area contributed by atoms with Crippen LogP contribution in [0.1, 0.15) is 16.1 Å². The predicted molar refractivity (Wildman–Crippen MR) is 115 cm³/mol. The maximum atomic E-state index is 13.0. The van der Waals surface area contributed by atoms with E-state index in [9.17, 15) is 14.9 Å². The molecule has 0 spiro atoms. The van der Waals surface area contributed by atoms with E-state index in [0.29, 0.717) is 22.8 Å². The van der Waals surface area contributed by atoms with Gasteiger partial charge in [-0.3, -0.25) is 14.9 Å². The van der Waals surface area contributed by atoms with Gasteiger partial charge in [0, 0.05) is 23.4 Å². The topological polar surface area (TPSA) is 90.1 Å². The number of aryl methyl sites for hydroxylation is 1. The summed E-state index contributed by atoms with van der Waals surface area (Å²) in [7, 11) is 0. The van der Waals surface area contributed by atoms with Crippen LogP contribution in [0, 0.1) is 17.0 Å². The first-order valence-electron chi connectivity index (χ1n) is 9.29. The summed E-state index contributed by atoms with van der Waals surface area (Å²) in [4.78, 5) is 23.5. The van der Waals surface area contributed by atoms with Gasteiger partial charge in [-0.15, -0.1) is 0 Å². The van der Waals surface area contributed by atoms with Crippen molar-refractivity contribution in [1.29, 1.82) is 0 Å². The molecular formula is C23H18N4O3. The van der Waals surface area contributed by atoms with Crippen molar-refractivity contribution in [3.63, 3.8) is 0 Å². The van der Waals surface area contributed by atoms with Crippen molar-refractivity contribution in [3.05, 3.63) is 106 Å². The van der Waals surface area contributed by atoms with Crippen molar-refractivity contribution in [2.24, 2.45) is 0 Å². The molecule has 0 aliphatic carbocycles. The number of rotatable bonds is 5. The fourth-order valence-electron chi connectivity index (χ4n) is 3.04. The number of non-ortho nitro benzene ring substituents is 1. The molecule has 0 aliphatic heterocycles. The maximum Gasteiger partial charge on any atom is 0.274 e. The van der Waals surface area contributed by atoms with Gasteiger partial charge in [0.25, 0.3) is 11.6 Å².